The molecule has 0 bridgehead atoms. The summed E-state index contributed by atoms with van der Waals surface area (Å²) in [5.74, 6) is 0.382. The van der Waals surface area contributed by atoms with Crippen LogP contribution < -0.4 is 5.32 Å². The van der Waals surface area contributed by atoms with E-state index in [0.717, 1.165) is 11.3 Å². The zero-order chi connectivity index (χ0) is 12.3. The molecule has 0 atom stereocenters. The van der Waals surface area contributed by atoms with Gasteiger partial charge in [0.15, 0.2) is 0 Å². The van der Waals surface area contributed by atoms with Gasteiger partial charge in [0.2, 0.25) is 5.28 Å². The molecule has 0 spiro atoms. The third kappa shape index (κ3) is 3.39. The van der Waals surface area contributed by atoms with Crippen LogP contribution in [-0.2, 0) is 6.54 Å². The van der Waals surface area contributed by atoms with Crippen LogP contribution in [0.2, 0.25) is 5.28 Å². The summed E-state index contributed by atoms with van der Waals surface area (Å²) in [7, 11) is 0. The van der Waals surface area contributed by atoms with Crippen LogP contribution >= 0.6 is 11.6 Å². The number of anilines is 1. The number of hydrogen-bond donors (Lipinski definition) is 1. The van der Waals surface area contributed by atoms with Gasteiger partial charge in [0.1, 0.15) is 11.6 Å². The molecule has 1 aromatic heterocycles. The Labute approximate surface area is 104 Å². The van der Waals surface area contributed by atoms with Gasteiger partial charge in [0, 0.05) is 18.3 Å². The summed E-state index contributed by atoms with van der Waals surface area (Å²) in [5, 5.41) is 3.27. The van der Waals surface area contributed by atoms with Crippen molar-refractivity contribution in [2.24, 2.45) is 0 Å². The van der Waals surface area contributed by atoms with Crippen molar-refractivity contribution in [2.75, 3.05) is 5.32 Å². The maximum Gasteiger partial charge on any atom is 0.224 e. The van der Waals surface area contributed by atoms with Crippen LogP contribution in [0.1, 0.15) is 11.3 Å². The molecule has 5 heteroatoms. The molecule has 1 aromatic carbocycles. The van der Waals surface area contributed by atoms with E-state index < -0.39 is 0 Å². The van der Waals surface area contributed by atoms with E-state index in [4.69, 9.17) is 11.6 Å². The summed E-state index contributed by atoms with van der Waals surface area (Å²) in [4.78, 5) is 7.98. The summed E-state index contributed by atoms with van der Waals surface area (Å²) in [6.45, 7) is 2.32. The van der Waals surface area contributed by atoms with Crippen molar-refractivity contribution in [2.45, 2.75) is 13.5 Å². The van der Waals surface area contributed by atoms with Crippen LogP contribution in [0.5, 0.6) is 0 Å². The fourth-order valence-electron chi connectivity index (χ4n) is 1.46. The molecule has 0 aliphatic heterocycles. The first kappa shape index (κ1) is 11.8. The fourth-order valence-corrected chi connectivity index (χ4v) is 1.69. The Hall–Kier alpha value is -1.68. The van der Waals surface area contributed by atoms with Gasteiger partial charge >= 0.3 is 0 Å². The zero-order valence-electron chi connectivity index (χ0n) is 9.24. The molecule has 88 valence electrons. The first-order valence-electron chi connectivity index (χ1n) is 5.13. The number of hydrogen-bond acceptors (Lipinski definition) is 3. The van der Waals surface area contributed by atoms with Gasteiger partial charge < -0.3 is 5.32 Å². The standard InChI is InChI=1S/C12H11ClFN3/c1-8-5-11(17-12(13)16-8)15-7-9-3-2-4-10(14)6-9/h2-6H,7H2,1H3,(H,15,16,17). The minimum atomic E-state index is -0.249. The summed E-state index contributed by atoms with van der Waals surface area (Å²) in [5.41, 5.74) is 1.63. The number of nitrogens with one attached hydrogen (secondary N) is 1. The van der Waals surface area contributed by atoms with Crippen molar-refractivity contribution in [3.63, 3.8) is 0 Å². The number of nitrogens with zero attached hydrogens (tertiary/aromatic N) is 2. The second-order valence-electron chi connectivity index (χ2n) is 3.65. The molecule has 0 saturated heterocycles. The van der Waals surface area contributed by atoms with E-state index in [1.807, 2.05) is 13.0 Å². The number of halogens is 2. The minimum Gasteiger partial charge on any atom is -0.366 e. The molecule has 17 heavy (non-hydrogen) atoms. The highest BCUT2D eigenvalue weighted by Crippen LogP contribution is 2.11. The van der Waals surface area contributed by atoms with E-state index in [1.54, 1.807) is 12.1 Å². The second-order valence-corrected chi connectivity index (χ2v) is 3.99. The number of aromatic nitrogens is 2. The average Bonchev–Trinajstić information content (AvgIpc) is 2.25. The zero-order valence-corrected chi connectivity index (χ0v) is 10.0. The topological polar surface area (TPSA) is 37.8 Å². The Morgan fingerprint density at radius 2 is 2.12 bits per heavy atom. The fraction of sp³-hybridized carbons (Fsp3) is 0.167. The molecule has 2 aromatic rings. The molecule has 0 aliphatic rings. The highest BCUT2D eigenvalue weighted by atomic mass is 35.5. The van der Waals surface area contributed by atoms with Crippen LogP contribution in [0.3, 0.4) is 0 Å². The van der Waals surface area contributed by atoms with E-state index in [0.29, 0.717) is 12.4 Å². The molecule has 0 unspecified atom stereocenters. The van der Waals surface area contributed by atoms with Crippen LogP contribution in [0.25, 0.3) is 0 Å². The quantitative estimate of drug-likeness (QED) is 0.852. The van der Waals surface area contributed by atoms with E-state index >= 15 is 0 Å². The monoisotopic (exact) mass is 251 g/mol. The third-order valence-electron chi connectivity index (χ3n) is 2.19. The lowest BCUT2D eigenvalue weighted by molar-refractivity contribution is 0.626. The first-order valence-corrected chi connectivity index (χ1v) is 5.51. The largest absolute Gasteiger partial charge is 0.366 e. The summed E-state index contributed by atoms with van der Waals surface area (Å²) in [6, 6.07) is 8.18. The molecular weight excluding hydrogens is 241 g/mol. The lowest BCUT2D eigenvalue weighted by atomic mass is 10.2. The van der Waals surface area contributed by atoms with Gasteiger partial charge in [-0.15, -0.1) is 0 Å². The van der Waals surface area contributed by atoms with Gasteiger partial charge in [0.05, 0.1) is 0 Å². The Kier molecular flexibility index (Phi) is 3.54. The molecule has 1 N–H and O–H groups in total. The van der Waals surface area contributed by atoms with Gasteiger partial charge in [0.25, 0.3) is 0 Å². The number of aryl methyl sites for hydroxylation is 1. The van der Waals surface area contributed by atoms with Crippen LogP contribution in [0.15, 0.2) is 30.3 Å². The summed E-state index contributed by atoms with van der Waals surface area (Å²) in [6.07, 6.45) is 0. The predicted octanol–water partition coefficient (Wildman–Crippen LogP) is 3.19. The molecular formula is C12H11ClFN3. The Morgan fingerprint density at radius 3 is 2.82 bits per heavy atom. The molecule has 0 fully saturated rings. The molecule has 0 aliphatic carbocycles. The van der Waals surface area contributed by atoms with Gasteiger partial charge in [-0.05, 0) is 36.2 Å². The Bertz CT molecular complexity index is 511. The van der Waals surface area contributed by atoms with Crippen LogP contribution in [-0.4, -0.2) is 9.97 Å². The normalized spacial score (nSPS) is 10.3. The summed E-state index contributed by atoms with van der Waals surface area (Å²) >= 11 is 5.73. The highest BCUT2D eigenvalue weighted by molar-refractivity contribution is 6.28. The van der Waals surface area contributed by atoms with Crippen molar-refractivity contribution >= 4 is 17.4 Å². The average molecular weight is 252 g/mol. The number of rotatable bonds is 3. The smallest absolute Gasteiger partial charge is 0.224 e. The third-order valence-corrected chi connectivity index (χ3v) is 2.36. The highest BCUT2D eigenvalue weighted by Gasteiger charge is 2.00. The van der Waals surface area contributed by atoms with Crippen molar-refractivity contribution in [1.29, 1.82) is 0 Å². The summed E-state index contributed by atoms with van der Waals surface area (Å²) < 4.78 is 12.9. The van der Waals surface area contributed by atoms with Gasteiger partial charge in [-0.1, -0.05) is 12.1 Å². The molecule has 0 radical (unpaired) electrons. The lowest BCUT2D eigenvalue weighted by Gasteiger charge is -2.06. The molecule has 3 nitrogen and oxygen atoms in total. The van der Waals surface area contributed by atoms with E-state index in [-0.39, 0.29) is 11.1 Å². The second kappa shape index (κ2) is 5.10. The van der Waals surface area contributed by atoms with E-state index in [9.17, 15) is 4.39 Å². The lowest BCUT2D eigenvalue weighted by Crippen LogP contribution is -2.03. The van der Waals surface area contributed by atoms with Crippen LogP contribution in [0.4, 0.5) is 10.2 Å². The molecule has 2 rings (SSSR count). The predicted molar refractivity (Wildman–Crippen MR) is 65.5 cm³/mol. The van der Waals surface area contributed by atoms with Crippen molar-refractivity contribution in [3.05, 3.63) is 52.7 Å². The van der Waals surface area contributed by atoms with Crippen molar-refractivity contribution in [1.82, 2.24) is 9.97 Å². The maximum atomic E-state index is 12.9. The van der Waals surface area contributed by atoms with Gasteiger partial charge in [-0.2, -0.15) is 0 Å². The molecule has 1 heterocycles. The maximum absolute atomic E-state index is 12.9. The van der Waals surface area contributed by atoms with Crippen molar-refractivity contribution in [3.8, 4) is 0 Å². The van der Waals surface area contributed by atoms with Gasteiger partial charge in [-0.25, -0.2) is 14.4 Å². The molecule has 0 amide bonds. The Balaban J connectivity index is 2.07. The first-order chi connectivity index (χ1) is 8.13. The van der Waals surface area contributed by atoms with Crippen molar-refractivity contribution < 1.29 is 4.39 Å². The SMILES string of the molecule is Cc1cc(NCc2cccc(F)c2)nc(Cl)n1. The minimum absolute atomic E-state index is 0.201. The molecule has 0 saturated carbocycles. The number of benzene rings is 1. The van der Waals surface area contributed by atoms with E-state index in [1.165, 1.54) is 12.1 Å². The Morgan fingerprint density at radius 1 is 1.29 bits per heavy atom. The van der Waals surface area contributed by atoms with E-state index in [2.05, 4.69) is 15.3 Å². The van der Waals surface area contributed by atoms with Gasteiger partial charge in [-0.3, -0.25) is 0 Å². The van der Waals surface area contributed by atoms with Crippen LogP contribution in [0, 0.1) is 12.7 Å².